The molecule has 0 aromatic carbocycles. The van der Waals surface area contributed by atoms with Crippen molar-refractivity contribution < 1.29 is 35.9 Å². The average Bonchev–Trinajstić information content (AvgIpc) is 2.24. The molecule has 0 heterocycles. The lowest BCUT2D eigenvalue weighted by atomic mass is 10.2. The van der Waals surface area contributed by atoms with Gasteiger partial charge in [-0.15, -0.1) is 11.8 Å². The van der Waals surface area contributed by atoms with Crippen LogP contribution >= 0.6 is 23.4 Å². The number of carbonyl (C=O) groups is 1. The van der Waals surface area contributed by atoms with E-state index in [9.17, 15) is 31.1 Å². The Hall–Kier alpha value is -0.570. The second-order valence-corrected chi connectivity index (χ2v) is 5.84. The van der Waals surface area contributed by atoms with Crippen LogP contribution in [-0.2, 0) is 9.53 Å². The van der Waals surface area contributed by atoms with Crippen molar-refractivity contribution >= 4 is 29.3 Å². The maximum absolute atomic E-state index is 12.0. The van der Waals surface area contributed by atoms with Crippen molar-refractivity contribution in [3.63, 3.8) is 0 Å². The molecular weight excluding hydrogens is 334 g/mol. The highest BCUT2D eigenvalue weighted by atomic mass is 35.5. The van der Waals surface area contributed by atoms with Crippen LogP contribution in [0.5, 0.6) is 0 Å². The number of carbonyl (C=O) groups excluding carboxylic acids is 1. The fourth-order valence-electron chi connectivity index (χ4n) is 1.03. The minimum Gasteiger partial charge on any atom is -0.467 e. The van der Waals surface area contributed by atoms with Crippen molar-refractivity contribution in [2.75, 3.05) is 12.9 Å². The van der Waals surface area contributed by atoms with Gasteiger partial charge in [0, 0.05) is 18.2 Å². The lowest BCUT2D eigenvalue weighted by molar-refractivity contribution is -0.141. The number of allylic oxidation sites excluding steroid dienone is 2. The zero-order valence-electron chi connectivity index (χ0n) is 10.1. The number of hydrogen-bond donors (Lipinski definition) is 0. The first-order valence-electron chi connectivity index (χ1n) is 5.12. The van der Waals surface area contributed by atoms with Gasteiger partial charge in [-0.3, -0.25) is 0 Å². The number of methoxy groups -OCH3 is 1. The van der Waals surface area contributed by atoms with Crippen molar-refractivity contribution in [3.8, 4) is 0 Å². The molecule has 0 N–H and O–H groups in total. The van der Waals surface area contributed by atoms with Crippen molar-refractivity contribution in [2.24, 2.45) is 0 Å². The minimum atomic E-state index is -4.59. The number of hydrogen-bond acceptors (Lipinski definition) is 3. The largest absolute Gasteiger partial charge is 0.467 e. The molecule has 0 spiro atoms. The molecule has 0 saturated carbocycles. The molecular formula is C10H11ClF6O2S. The number of thioether (sulfide) groups is 1. The van der Waals surface area contributed by atoms with Gasteiger partial charge in [-0.2, -0.15) is 26.3 Å². The van der Waals surface area contributed by atoms with Crippen LogP contribution in [0.4, 0.5) is 26.3 Å². The normalized spacial score (nSPS) is 16.2. The van der Waals surface area contributed by atoms with Gasteiger partial charge in [0.25, 0.3) is 0 Å². The molecule has 0 fully saturated rings. The van der Waals surface area contributed by atoms with Crippen LogP contribution in [0.3, 0.4) is 0 Å². The van der Waals surface area contributed by atoms with Gasteiger partial charge >= 0.3 is 18.3 Å². The topological polar surface area (TPSA) is 26.3 Å². The van der Waals surface area contributed by atoms with Crippen molar-refractivity contribution in [1.82, 2.24) is 0 Å². The van der Waals surface area contributed by atoms with Gasteiger partial charge in [0.15, 0.2) is 4.21 Å². The summed E-state index contributed by atoms with van der Waals surface area (Å²) in [6, 6.07) is 0. The maximum atomic E-state index is 12.0. The Morgan fingerprint density at radius 2 is 1.80 bits per heavy atom. The molecule has 0 aromatic heterocycles. The molecule has 20 heavy (non-hydrogen) atoms. The standard InChI is InChI=1S/C10H11ClF6O2S/c1-19-7(18)8(11,3-2-4-9(12,13)14)20-6-5-10(15,16)17/h2,4H,3,5-6H2,1H3/b4-2+. The van der Waals surface area contributed by atoms with Crippen LogP contribution in [0.2, 0.25) is 0 Å². The lowest BCUT2D eigenvalue weighted by Crippen LogP contribution is -2.30. The average molecular weight is 345 g/mol. The van der Waals surface area contributed by atoms with E-state index in [4.69, 9.17) is 11.6 Å². The monoisotopic (exact) mass is 344 g/mol. The molecule has 0 bridgehead atoms. The first-order chi connectivity index (χ1) is 8.90. The van der Waals surface area contributed by atoms with Crippen molar-refractivity contribution in [3.05, 3.63) is 12.2 Å². The third kappa shape index (κ3) is 8.57. The van der Waals surface area contributed by atoms with Gasteiger partial charge < -0.3 is 4.74 Å². The third-order valence-electron chi connectivity index (χ3n) is 1.89. The van der Waals surface area contributed by atoms with E-state index in [-0.39, 0.29) is 6.08 Å². The highest BCUT2D eigenvalue weighted by Crippen LogP contribution is 2.38. The number of esters is 1. The van der Waals surface area contributed by atoms with E-state index in [1.165, 1.54) is 0 Å². The molecule has 0 saturated heterocycles. The molecule has 0 aliphatic heterocycles. The second-order valence-electron chi connectivity index (χ2n) is 3.58. The van der Waals surface area contributed by atoms with E-state index in [1.807, 2.05) is 0 Å². The predicted octanol–water partition coefficient (Wildman–Crippen LogP) is 4.29. The minimum absolute atomic E-state index is 0.141. The summed E-state index contributed by atoms with van der Waals surface area (Å²) in [6.07, 6.45) is -10.4. The molecule has 118 valence electrons. The summed E-state index contributed by atoms with van der Waals surface area (Å²) in [5, 5.41) is 0. The molecule has 0 radical (unpaired) electrons. The third-order valence-corrected chi connectivity index (χ3v) is 3.73. The van der Waals surface area contributed by atoms with Crippen molar-refractivity contribution in [1.29, 1.82) is 0 Å². The number of ether oxygens (including phenoxy) is 1. The Kier molecular flexibility index (Phi) is 7.23. The molecule has 1 unspecified atom stereocenters. The van der Waals surface area contributed by atoms with E-state index in [2.05, 4.69) is 4.74 Å². The summed E-state index contributed by atoms with van der Waals surface area (Å²) in [5.74, 6) is -1.67. The fourth-order valence-corrected chi connectivity index (χ4v) is 2.50. The smallest absolute Gasteiger partial charge is 0.409 e. The lowest BCUT2D eigenvalue weighted by Gasteiger charge is -2.22. The molecule has 0 aromatic rings. The Balaban J connectivity index is 4.68. The summed E-state index contributed by atoms with van der Waals surface area (Å²) in [7, 11) is 0.942. The molecule has 0 rings (SSSR count). The van der Waals surface area contributed by atoms with Gasteiger partial charge in [0.2, 0.25) is 0 Å². The summed E-state index contributed by atoms with van der Waals surface area (Å²) in [6.45, 7) is 0. The van der Waals surface area contributed by atoms with Gasteiger partial charge in [-0.05, 0) is 0 Å². The van der Waals surface area contributed by atoms with E-state index in [0.717, 1.165) is 7.11 Å². The molecule has 0 amide bonds. The van der Waals surface area contributed by atoms with E-state index in [1.54, 1.807) is 0 Å². The second kappa shape index (κ2) is 7.44. The summed E-state index contributed by atoms with van der Waals surface area (Å²) < 4.78 is 74.0. The Labute approximate surface area is 120 Å². The van der Waals surface area contributed by atoms with Gasteiger partial charge in [-0.1, -0.05) is 17.7 Å². The first kappa shape index (κ1) is 19.4. The van der Waals surface area contributed by atoms with E-state index >= 15 is 0 Å². The fraction of sp³-hybridized carbons (Fsp3) is 0.700. The maximum Gasteiger partial charge on any atom is 0.409 e. The van der Waals surface area contributed by atoms with Crippen molar-refractivity contribution in [2.45, 2.75) is 29.4 Å². The quantitative estimate of drug-likeness (QED) is 0.311. The zero-order valence-corrected chi connectivity index (χ0v) is 11.7. The zero-order chi connectivity index (χ0) is 16.0. The highest BCUT2D eigenvalue weighted by Gasteiger charge is 2.39. The molecule has 1 atom stereocenters. The molecule has 10 heteroatoms. The summed E-state index contributed by atoms with van der Waals surface area (Å²) in [5.41, 5.74) is 0. The predicted molar refractivity (Wildman–Crippen MR) is 63.5 cm³/mol. The Morgan fingerprint density at radius 1 is 1.25 bits per heavy atom. The van der Waals surface area contributed by atoms with Gasteiger partial charge in [0.1, 0.15) is 0 Å². The van der Waals surface area contributed by atoms with Gasteiger partial charge in [-0.25, -0.2) is 4.79 Å². The van der Waals surface area contributed by atoms with Gasteiger partial charge in [0.05, 0.1) is 13.5 Å². The molecule has 2 nitrogen and oxygen atoms in total. The number of rotatable bonds is 6. The summed E-state index contributed by atoms with van der Waals surface area (Å²) in [4.78, 5) is 11.4. The number of halogens is 7. The van der Waals surface area contributed by atoms with Crippen LogP contribution in [0, 0.1) is 0 Å². The molecule has 0 aliphatic rings. The van der Waals surface area contributed by atoms with Crippen LogP contribution in [0.1, 0.15) is 12.8 Å². The Morgan fingerprint density at radius 3 is 2.20 bits per heavy atom. The van der Waals surface area contributed by atoms with Crippen LogP contribution < -0.4 is 0 Å². The van der Waals surface area contributed by atoms with Crippen LogP contribution in [0.25, 0.3) is 0 Å². The first-order valence-corrected chi connectivity index (χ1v) is 6.48. The molecule has 0 aliphatic carbocycles. The van der Waals surface area contributed by atoms with E-state index < -0.39 is 41.1 Å². The Bertz CT molecular complexity index is 355. The van der Waals surface area contributed by atoms with E-state index in [0.29, 0.717) is 17.8 Å². The van der Waals surface area contributed by atoms with Crippen LogP contribution in [-0.4, -0.2) is 35.4 Å². The summed E-state index contributed by atoms with van der Waals surface area (Å²) >= 11 is 6.14. The number of alkyl halides is 7. The SMILES string of the molecule is COC(=O)C(Cl)(C/C=C/C(F)(F)F)SCCC(F)(F)F. The highest BCUT2D eigenvalue weighted by molar-refractivity contribution is 8.02. The van der Waals surface area contributed by atoms with Crippen LogP contribution in [0.15, 0.2) is 12.2 Å².